The Morgan fingerprint density at radius 2 is 2.21 bits per heavy atom. The zero-order valence-electron chi connectivity index (χ0n) is 8.23. The summed E-state index contributed by atoms with van der Waals surface area (Å²) in [6, 6.07) is 7.98. The molecule has 0 saturated heterocycles. The molecule has 2 aromatic rings. The van der Waals surface area contributed by atoms with Crippen LogP contribution in [-0.4, -0.2) is 15.8 Å². The lowest BCUT2D eigenvalue weighted by molar-refractivity contribution is 0.943. The highest BCUT2D eigenvalue weighted by Gasteiger charge is 2.04. The van der Waals surface area contributed by atoms with E-state index >= 15 is 0 Å². The lowest BCUT2D eigenvalue weighted by atomic mass is 10.3. The predicted octanol–water partition coefficient (Wildman–Crippen LogP) is 1.99. The van der Waals surface area contributed by atoms with Crippen molar-refractivity contribution in [2.45, 2.75) is 6.92 Å². The molecule has 14 heavy (non-hydrogen) atoms. The number of aryl methyl sites for hydroxylation is 1. The van der Waals surface area contributed by atoms with Crippen LogP contribution < -0.4 is 5.43 Å². The highest BCUT2D eigenvalue weighted by atomic mass is 15.4. The second kappa shape index (κ2) is 3.49. The number of para-hydroxylation sites is 2. The van der Waals surface area contributed by atoms with Gasteiger partial charge < -0.3 is 4.57 Å². The van der Waals surface area contributed by atoms with Crippen molar-refractivity contribution in [3.63, 3.8) is 0 Å². The number of nitrogens with one attached hydrogen (secondary N) is 1. The molecule has 0 aliphatic carbocycles. The first-order valence-corrected chi connectivity index (χ1v) is 4.48. The van der Waals surface area contributed by atoms with Gasteiger partial charge in [0.15, 0.2) is 0 Å². The van der Waals surface area contributed by atoms with Gasteiger partial charge in [-0.3, -0.25) is 0 Å². The summed E-state index contributed by atoms with van der Waals surface area (Å²) < 4.78 is 1.97. The van der Waals surface area contributed by atoms with Crippen molar-refractivity contribution in [2.24, 2.45) is 12.1 Å². The summed E-state index contributed by atoms with van der Waals surface area (Å²) in [5, 5.41) is 3.94. The minimum Gasteiger partial charge on any atom is -0.312 e. The van der Waals surface area contributed by atoms with E-state index in [0.717, 1.165) is 17.0 Å². The van der Waals surface area contributed by atoms with E-state index in [9.17, 15) is 0 Å². The molecule has 0 bridgehead atoms. The molecule has 1 N–H and O–H groups in total. The van der Waals surface area contributed by atoms with Gasteiger partial charge >= 0.3 is 0 Å². The van der Waals surface area contributed by atoms with Gasteiger partial charge in [-0.1, -0.05) is 12.1 Å². The van der Waals surface area contributed by atoms with Gasteiger partial charge in [-0.2, -0.15) is 5.10 Å². The van der Waals surface area contributed by atoms with Crippen LogP contribution in [-0.2, 0) is 7.05 Å². The second-order valence-electron chi connectivity index (χ2n) is 2.98. The van der Waals surface area contributed by atoms with E-state index in [2.05, 4.69) is 15.5 Å². The normalized spacial score (nSPS) is 11.3. The minimum absolute atomic E-state index is 0.754. The minimum atomic E-state index is 0.754. The topological polar surface area (TPSA) is 42.2 Å². The van der Waals surface area contributed by atoms with E-state index in [4.69, 9.17) is 0 Å². The van der Waals surface area contributed by atoms with E-state index in [1.54, 1.807) is 6.21 Å². The Bertz CT molecular complexity index is 470. The summed E-state index contributed by atoms with van der Waals surface area (Å²) in [5.74, 6) is 0.754. The third kappa shape index (κ3) is 1.35. The summed E-state index contributed by atoms with van der Waals surface area (Å²) in [6.45, 7) is 1.86. The average Bonchev–Trinajstić information content (AvgIpc) is 2.54. The Morgan fingerprint density at radius 3 is 2.93 bits per heavy atom. The molecule has 0 fully saturated rings. The monoisotopic (exact) mass is 188 g/mol. The Kier molecular flexibility index (Phi) is 2.18. The Morgan fingerprint density at radius 1 is 1.43 bits per heavy atom. The van der Waals surface area contributed by atoms with Crippen molar-refractivity contribution >= 4 is 23.2 Å². The molecule has 0 saturated carbocycles. The number of hydrogen-bond acceptors (Lipinski definition) is 3. The smallest absolute Gasteiger partial charge is 0.224 e. The number of imidazole rings is 1. The summed E-state index contributed by atoms with van der Waals surface area (Å²) in [4.78, 5) is 4.39. The Labute approximate surface area is 82.3 Å². The Hall–Kier alpha value is -1.84. The van der Waals surface area contributed by atoms with Crippen LogP contribution in [0, 0.1) is 0 Å². The fourth-order valence-electron chi connectivity index (χ4n) is 1.37. The SMILES string of the molecule is C/C=N\Nc1nc2ccccc2n1C. The third-order valence-electron chi connectivity index (χ3n) is 2.08. The molecular formula is C10H12N4. The molecule has 0 unspecified atom stereocenters. The first-order valence-electron chi connectivity index (χ1n) is 4.48. The van der Waals surface area contributed by atoms with Crippen LogP contribution in [0.2, 0.25) is 0 Å². The van der Waals surface area contributed by atoms with Gasteiger partial charge in [0.05, 0.1) is 11.0 Å². The van der Waals surface area contributed by atoms with Gasteiger partial charge in [0.1, 0.15) is 0 Å². The number of anilines is 1. The molecule has 4 heteroatoms. The second-order valence-corrected chi connectivity index (χ2v) is 2.98. The van der Waals surface area contributed by atoms with E-state index in [0.29, 0.717) is 0 Å². The highest BCUT2D eigenvalue weighted by Crippen LogP contribution is 2.17. The molecule has 1 aromatic heterocycles. The molecule has 1 aromatic carbocycles. The predicted molar refractivity (Wildman–Crippen MR) is 58.5 cm³/mol. The van der Waals surface area contributed by atoms with Crippen LogP contribution in [0.15, 0.2) is 29.4 Å². The van der Waals surface area contributed by atoms with E-state index in [-0.39, 0.29) is 0 Å². The van der Waals surface area contributed by atoms with Crippen molar-refractivity contribution in [1.82, 2.24) is 9.55 Å². The maximum absolute atomic E-state index is 4.39. The van der Waals surface area contributed by atoms with Crippen LogP contribution in [0.5, 0.6) is 0 Å². The number of rotatable bonds is 2. The lowest BCUT2D eigenvalue weighted by Crippen LogP contribution is -1.97. The molecule has 0 aliphatic heterocycles. The number of benzene rings is 1. The summed E-state index contributed by atoms with van der Waals surface area (Å²) in [6.07, 6.45) is 1.69. The van der Waals surface area contributed by atoms with Gasteiger partial charge in [0, 0.05) is 13.3 Å². The highest BCUT2D eigenvalue weighted by molar-refractivity contribution is 5.78. The zero-order chi connectivity index (χ0) is 9.97. The van der Waals surface area contributed by atoms with Gasteiger partial charge in [-0.15, -0.1) is 0 Å². The van der Waals surface area contributed by atoms with Gasteiger partial charge in [-0.25, -0.2) is 10.4 Å². The van der Waals surface area contributed by atoms with Crippen LogP contribution >= 0.6 is 0 Å². The number of aromatic nitrogens is 2. The van der Waals surface area contributed by atoms with Crippen molar-refractivity contribution in [3.05, 3.63) is 24.3 Å². The molecule has 0 atom stereocenters. The standard InChI is InChI=1S/C10H12N4/c1-3-11-13-10-12-8-6-4-5-7-9(8)14(10)2/h3-7H,1-2H3,(H,12,13)/b11-3-. The van der Waals surface area contributed by atoms with Crippen LogP contribution in [0.3, 0.4) is 0 Å². The Balaban J connectivity index is 2.51. The largest absolute Gasteiger partial charge is 0.312 e. The van der Waals surface area contributed by atoms with Crippen molar-refractivity contribution < 1.29 is 0 Å². The first kappa shape index (κ1) is 8.74. The van der Waals surface area contributed by atoms with Gasteiger partial charge in [0.25, 0.3) is 0 Å². The molecule has 2 rings (SSSR count). The van der Waals surface area contributed by atoms with Crippen molar-refractivity contribution in [3.8, 4) is 0 Å². The number of hydrazone groups is 1. The van der Waals surface area contributed by atoms with Crippen LogP contribution in [0.25, 0.3) is 11.0 Å². The van der Waals surface area contributed by atoms with E-state index < -0.39 is 0 Å². The van der Waals surface area contributed by atoms with Crippen molar-refractivity contribution in [2.75, 3.05) is 5.43 Å². The fraction of sp³-hybridized carbons (Fsp3) is 0.200. The van der Waals surface area contributed by atoms with Gasteiger partial charge in [0.2, 0.25) is 5.95 Å². The van der Waals surface area contributed by atoms with Gasteiger partial charge in [-0.05, 0) is 19.1 Å². The third-order valence-corrected chi connectivity index (χ3v) is 2.08. The first-order chi connectivity index (χ1) is 6.83. The zero-order valence-corrected chi connectivity index (χ0v) is 8.23. The summed E-state index contributed by atoms with van der Waals surface area (Å²) >= 11 is 0. The molecule has 1 heterocycles. The quantitative estimate of drug-likeness (QED) is 0.578. The van der Waals surface area contributed by atoms with Crippen LogP contribution in [0.1, 0.15) is 6.92 Å². The number of hydrogen-bond donors (Lipinski definition) is 1. The molecule has 72 valence electrons. The summed E-state index contributed by atoms with van der Waals surface area (Å²) in [7, 11) is 1.96. The average molecular weight is 188 g/mol. The van der Waals surface area contributed by atoms with Crippen LogP contribution in [0.4, 0.5) is 5.95 Å². The maximum Gasteiger partial charge on any atom is 0.224 e. The fourth-order valence-corrected chi connectivity index (χ4v) is 1.37. The lowest BCUT2D eigenvalue weighted by Gasteiger charge is -1.99. The summed E-state index contributed by atoms with van der Waals surface area (Å²) in [5.41, 5.74) is 4.95. The molecule has 0 amide bonds. The van der Waals surface area contributed by atoms with E-state index in [1.165, 1.54) is 0 Å². The van der Waals surface area contributed by atoms with E-state index in [1.807, 2.05) is 42.8 Å². The maximum atomic E-state index is 4.39. The molecule has 0 spiro atoms. The van der Waals surface area contributed by atoms with Crippen molar-refractivity contribution in [1.29, 1.82) is 0 Å². The number of fused-ring (bicyclic) bond motifs is 1. The molecular weight excluding hydrogens is 176 g/mol. The number of nitrogens with zero attached hydrogens (tertiary/aromatic N) is 3. The molecule has 0 aliphatic rings. The molecule has 4 nitrogen and oxygen atoms in total. The molecule has 0 radical (unpaired) electrons.